The van der Waals surface area contributed by atoms with E-state index in [9.17, 15) is 38.0 Å². The summed E-state index contributed by atoms with van der Waals surface area (Å²) >= 11 is 0. The molecule has 138 heavy (non-hydrogen) atoms. The minimum Gasteiger partial charge on any atom is -0.494 e. The molecule has 6 aliphatic rings. The maximum absolute atomic E-state index is 14.6. The maximum Gasteiger partial charge on any atom is 0.223 e. The molecule has 728 valence electrons. The van der Waals surface area contributed by atoms with E-state index in [0.29, 0.717) is 158 Å². The molecule has 16 heterocycles. The Labute approximate surface area is 791 Å². The average molecular weight is 1900 g/mol. The standard InChI is InChI=1S/C25H33FN8O.C24H31FN8O2.2C23H27FN8O2/c1-6-16-8-20-18(9-19(16)26)23-30-22(31-34(23)24(27)29-20)17-7-14(2)11-32(12-17)21-10-28-33(15(21)3)13-25(4,5)35;1-13-6-15(11-31(10-13)19-9-27-32(14(19)2)12-24(3,4)34)21-29-22-16-7-17(25)20(35-5)8-18(16)28-23(26)33(22)30-21;2*1-13-3-4-14(10-31(13)15-9-26-30(11-15)12-23(33)5-6-23)20-28-21-16-7-17(24)19(34-2)8-18(16)27-22(25)32(21)29-20/h8-10,14,17,35H,6-7,11-13H2,1-5H3,(H2,27,29);7-9,13,15,34H,6,10-12H2,1-5H3,(H2,26,28);2*7-9,11,13-14,33H,3-6,10,12H2,1-2H3,(H2,25,27)/t14-,17+;13-,15+;2*13-,14+/m0110/s1. The number of aromatic nitrogens is 24. The summed E-state index contributed by atoms with van der Waals surface area (Å²) in [5.41, 5.74) is 32.7. The number of benzene rings is 4. The minimum atomic E-state index is -0.855. The molecular weight excluding hydrogens is 1780 g/mol. The van der Waals surface area contributed by atoms with Crippen molar-refractivity contribution in [2.75, 3.05) is 103 Å². The van der Waals surface area contributed by atoms with E-state index < -0.39 is 39.9 Å². The number of hydrogen-bond acceptors (Lipinski definition) is 31. The largest absolute Gasteiger partial charge is 0.494 e. The second-order valence-corrected chi connectivity index (χ2v) is 39.9. The molecule has 0 radical (unpaired) electrons. The normalized spacial score (nSPS) is 20.5. The van der Waals surface area contributed by atoms with E-state index in [1.54, 1.807) is 33.8 Å². The van der Waals surface area contributed by atoms with E-state index in [-0.39, 0.29) is 70.5 Å². The number of aliphatic hydroxyl groups is 4. The fourth-order valence-electron chi connectivity index (χ4n) is 19.8. The summed E-state index contributed by atoms with van der Waals surface area (Å²) in [4.78, 5) is 46.0. The van der Waals surface area contributed by atoms with Gasteiger partial charge in [0.05, 0.1) is 151 Å². The van der Waals surface area contributed by atoms with Crippen LogP contribution in [0.5, 0.6) is 17.2 Å². The molecule has 0 spiro atoms. The van der Waals surface area contributed by atoms with E-state index in [2.05, 4.69) is 103 Å². The van der Waals surface area contributed by atoms with Gasteiger partial charge in [0.2, 0.25) is 23.8 Å². The number of aryl methyl sites for hydroxylation is 1. The topological polar surface area (TPSA) is 469 Å². The fraction of sp³-hybridized carbons (Fsp3) is 0.495. The molecule has 0 unspecified atom stereocenters. The number of nitrogen functional groups attached to an aromatic ring is 4. The zero-order valence-corrected chi connectivity index (χ0v) is 79.9. The monoisotopic (exact) mass is 1890 g/mol. The van der Waals surface area contributed by atoms with Crippen molar-refractivity contribution < 1.29 is 52.2 Å². The third kappa shape index (κ3) is 18.7. The Balaban J connectivity index is 0.000000118. The zero-order valence-electron chi connectivity index (χ0n) is 79.9. The van der Waals surface area contributed by atoms with Crippen LogP contribution in [0.2, 0.25) is 0 Å². The summed E-state index contributed by atoms with van der Waals surface area (Å²) in [6.45, 7) is 28.5. The van der Waals surface area contributed by atoms with Gasteiger partial charge < -0.3 is 77.2 Å². The van der Waals surface area contributed by atoms with Crippen LogP contribution in [0, 0.1) is 49.0 Å². The molecule has 43 heteroatoms. The second kappa shape index (κ2) is 36.0. The number of ether oxygens (including phenoxy) is 3. The van der Waals surface area contributed by atoms with Gasteiger partial charge >= 0.3 is 0 Å². The summed E-state index contributed by atoms with van der Waals surface area (Å²) < 4.78 is 86.5. The summed E-state index contributed by atoms with van der Waals surface area (Å²) in [5.74, 6) is 3.12. The van der Waals surface area contributed by atoms with Crippen LogP contribution in [0.1, 0.15) is 190 Å². The van der Waals surface area contributed by atoms with Crippen LogP contribution < -0.4 is 56.7 Å². The highest BCUT2D eigenvalue weighted by molar-refractivity contribution is 5.96. The van der Waals surface area contributed by atoms with Gasteiger partial charge in [-0.15, -0.1) is 20.4 Å². The number of hydrogen-bond donors (Lipinski definition) is 8. The van der Waals surface area contributed by atoms with Crippen LogP contribution in [-0.4, -0.2) is 233 Å². The number of piperidine rings is 4. The molecule has 4 aliphatic heterocycles. The Morgan fingerprint density at radius 1 is 0.420 bits per heavy atom. The first-order valence-electron chi connectivity index (χ1n) is 47.0. The van der Waals surface area contributed by atoms with Crippen molar-refractivity contribution in [3.8, 4) is 17.2 Å². The van der Waals surface area contributed by atoms with E-state index in [4.69, 9.17) is 62.2 Å². The second-order valence-electron chi connectivity index (χ2n) is 39.9. The lowest BCUT2D eigenvalue weighted by molar-refractivity contribution is 0.0564. The Morgan fingerprint density at radius 3 is 1.07 bits per heavy atom. The van der Waals surface area contributed by atoms with E-state index in [0.717, 1.165) is 131 Å². The molecule has 8 atom stereocenters. The van der Waals surface area contributed by atoms with Crippen molar-refractivity contribution in [3.05, 3.63) is 149 Å². The predicted octanol–water partition coefficient (Wildman–Crippen LogP) is 11.4. The maximum atomic E-state index is 14.6. The van der Waals surface area contributed by atoms with Crippen molar-refractivity contribution in [2.45, 2.75) is 231 Å². The summed E-state index contributed by atoms with van der Waals surface area (Å²) in [6.07, 6.45) is 21.0. The zero-order chi connectivity index (χ0) is 97.4. The third-order valence-corrected chi connectivity index (χ3v) is 27.5. The van der Waals surface area contributed by atoms with Crippen LogP contribution >= 0.6 is 0 Å². The number of nitrogens with zero attached hydrogens (tertiary/aromatic N) is 28. The predicted molar refractivity (Wildman–Crippen MR) is 514 cm³/mol. The fourth-order valence-corrected chi connectivity index (χ4v) is 19.8. The average Bonchev–Trinajstić information content (AvgIpc) is 1.59. The van der Waals surface area contributed by atoms with Crippen LogP contribution in [0.4, 0.5) is 64.1 Å². The molecule has 16 aromatic rings. The van der Waals surface area contributed by atoms with Gasteiger partial charge in [0.15, 0.2) is 80.6 Å². The van der Waals surface area contributed by atoms with Gasteiger partial charge in [0, 0.05) is 127 Å². The van der Waals surface area contributed by atoms with Crippen molar-refractivity contribution in [1.82, 2.24) is 117 Å². The smallest absolute Gasteiger partial charge is 0.223 e. The first kappa shape index (κ1) is 93.3. The summed E-state index contributed by atoms with van der Waals surface area (Å²) in [6, 6.07) is 12.6. The first-order valence-corrected chi connectivity index (χ1v) is 47.0. The number of nitrogens with two attached hydrogens (primary N) is 4. The Bertz CT molecular complexity index is 6880. The first-order chi connectivity index (χ1) is 65.7. The third-order valence-electron chi connectivity index (χ3n) is 27.5. The summed E-state index contributed by atoms with van der Waals surface area (Å²) in [7, 11) is 4.23. The molecule has 4 aromatic carbocycles. The van der Waals surface area contributed by atoms with Crippen molar-refractivity contribution >= 4 is 113 Å². The molecule has 39 nitrogen and oxygen atoms in total. The van der Waals surface area contributed by atoms with E-state index in [1.165, 1.54) is 81.9 Å². The molecule has 12 aromatic heterocycles. The van der Waals surface area contributed by atoms with Gasteiger partial charge in [-0.2, -0.15) is 38.5 Å². The number of halogens is 4. The molecule has 0 bridgehead atoms. The highest BCUT2D eigenvalue weighted by Gasteiger charge is 2.44. The number of rotatable bonds is 20. The lowest BCUT2D eigenvalue weighted by Gasteiger charge is -2.37. The number of fused-ring (bicyclic) bond motifs is 12. The van der Waals surface area contributed by atoms with Crippen LogP contribution in [-0.2, 0) is 32.6 Å². The van der Waals surface area contributed by atoms with Crippen molar-refractivity contribution in [3.63, 3.8) is 0 Å². The van der Waals surface area contributed by atoms with E-state index >= 15 is 0 Å². The highest BCUT2D eigenvalue weighted by Crippen LogP contribution is 2.44. The van der Waals surface area contributed by atoms with Gasteiger partial charge in [0.1, 0.15) is 5.82 Å². The van der Waals surface area contributed by atoms with E-state index in [1.807, 2.05) is 76.7 Å². The Hall–Kier alpha value is -13.7. The molecular formula is C95H118F4N32O7. The van der Waals surface area contributed by atoms with Gasteiger partial charge in [-0.05, 0) is 174 Å². The molecule has 4 saturated heterocycles. The molecule has 2 saturated carbocycles. The van der Waals surface area contributed by atoms with Gasteiger partial charge in [-0.3, -0.25) is 18.7 Å². The lowest BCUT2D eigenvalue weighted by atomic mass is 9.89. The molecule has 12 N–H and O–H groups in total. The van der Waals surface area contributed by atoms with Gasteiger partial charge in [0.25, 0.3) is 0 Å². The molecule has 22 rings (SSSR count). The van der Waals surface area contributed by atoms with Crippen molar-refractivity contribution in [2.24, 2.45) is 11.8 Å². The Morgan fingerprint density at radius 2 is 0.746 bits per heavy atom. The van der Waals surface area contributed by atoms with Crippen LogP contribution in [0.3, 0.4) is 0 Å². The van der Waals surface area contributed by atoms with Gasteiger partial charge in [-0.1, -0.05) is 20.8 Å². The van der Waals surface area contributed by atoms with Crippen LogP contribution in [0.15, 0.2) is 85.7 Å². The SMILES string of the molecule is CCc1cc2nc(N)n3nc([C@@H]4C[C@H](C)CN(c5cnn(CC(C)(C)O)c5C)C4)nc3c2cc1F.COc1cc2nc(N)n3nc([C@@H]4CC[C@H](C)N(c5cnn(CC6(O)CC6)c5)C4)nc3c2cc1F.COc1cc2nc(N)n3nc([C@H]4CC[C@@H](C)N(c5cnn(CC6(O)CC6)c5)C4)nc3c2cc1F.COc1cc2nc(N)n3nc([C@H]4C[C@@H](C)CN(c5cnn(CC(C)(C)O)c5C)C4)nc3c2cc1F. The van der Waals surface area contributed by atoms with Gasteiger partial charge in [-0.25, -0.2) is 57.4 Å². The molecule has 2 aliphatic carbocycles. The highest BCUT2D eigenvalue weighted by atomic mass is 19.1. The Kier molecular flexibility index (Phi) is 24.4. The lowest BCUT2D eigenvalue weighted by Crippen LogP contribution is -2.41. The quantitative estimate of drug-likeness (QED) is 0.0329. The molecule has 6 fully saturated rings. The summed E-state index contributed by atoms with van der Waals surface area (Å²) in [5, 5.41) is 79.8. The minimum absolute atomic E-state index is 0.0493. The van der Waals surface area contributed by atoms with Crippen molar-refractivity contribution in [1.29, 1.82) is 0 Å². The number of anilines is 8. The molecule has 0 amide bonds. The number of methoxy groups -OCH3 is 3. The van der Waals surface area contributed by atoms with Crippen LogP contribution in [0.25, 0.3) is 66.2 Å².